The maximum Gasteiger partial charge on any atom is 0.415 e. The predicted molar refractivity (Wildman–Crippen MR) is 61.3 cm³/mol. The quantitative estimate of drug-likeness (QED) is 0.781. The van der Waals surface area contributed by atoms with Gasteiger partial charge in [-0.25, -0.2) is 0 Å². The molecule has 1 aromatic carbocycles. The Labute approximate surface area is 103 Å². The lowest BCUT2D eigenvalue weighted by Gasteiger charge is -2.20. The number of nitrogens with one attached hydrogen (secondary N) is 1. The molecule has 2 unspecified atom stereocenters. The summed E-state index contributed by atoms with van der Waals surface area (Å²) in [5.74, 6) is 0.0158. The first-order valence-electron chi connectivity index (χ1n) is 5.49. The minimum absolute atomic E-state index is 0.0158. The van der Waals surface area contributed by atoms with Crippen LogP contribution in [0.1, 0.15) is 24.1 Å². The van der Waals surface area contributed by atoms with Gasteiger partial charge in [-0.05, 0) is 19.9 Å². The first-order valence-corrected chi connectivity index (χ1v) is 5.49. The molecule has 0 spiro atoms. The minimum atomic E-state index is -4.64. The third kappa shape index (κ3) is 3.89. The molecule has 1 rings (SSSR count). The fourth-order valence-corrected chi connectivity index (χ4v) is 1.53. The zero-order valence-electron chi connectivity index (χ0n) is 10.1. The molecule has 1 aromatic rings. The lowest BCUT2D eigenvalue weighted by atomic mass is 10.0. The van der Waals surface area contributed by atoms with Crippen LogP contribution in [0.2, 0.25) is 0 Å². The molecule has 0 aliphatic rings. The van der Waals surface area contributed by atoms with Gasteiger partial charge in [0.2, 0.25) is 0 Å². The van der Waals surface area contributed by atoms with E-state index in [9.17, 15) is 18.3 Å². The lowest BCUT2D eigenvalue weighted by Crippen LogP contribution is -2.39. The van der Waals surface area contributed by atoms with Crippen LogP contribution in [-0.4, -0.2) is 29.0 Å². The monoisotopic (exact) mass is 263 g/mol. The molecule has 0 saturated carbocycles. The number of aliphatic hydroxyl groups is 1. The fourth-order valence-electron chi connectivity index (χ4n) is 1.53. The average Bonchev–Trinajstić information content (AvgIpc) is 2.27. The molecule has 0 saturated heterocycles. The molecular weight excluding hydrogens is 247 g/mol. The second-order valence-corrected chi connectivity index (χ2v) is 4.25. The van der Waals surface area contributed by atoms with Crippen LogP contribution in [-0.2, 0) is 0 Å². The zero-order chi connectivity index (χ0) is 13.9. The van der Waals surface area contributed by atoms with Gasteiger partial charge < -0.3 is 15.5 Å². The number of phenols is 1. The topological polar surface area (TPSA) is 52.5 Å². The summed E-state index contributed by atoms with van der Waals surface area (Å²) >= 11 is 0. The van der Waals surface area contributed by atoms with E-state index in [0.29, 0.717) is 5.56 Å². The Morgan fingerprint density at radius 2 is 1.94 bits per heavy atom. The number of halogens is 3. The summed E-state index contributed by atoms with van der Waals surface area (Å²) in [4.78, 5) is 0. The highest BCUT2D eigenvalue weighted by Gasteiger charge is 2.38. The number of aryl methyl sites for hydroxylation is 1. The van der Waals surface area contributed by atoms with Crippen LogP contribution < -0.4 is 5.32 Å². The van der Waals surface area contributed by atoms with Crippen molar-refractivity contribution in [1.29, 1.82) is 0 Å². The van der Waals surface area contributed by atoms with Crippen LogP contribution in [0.25, 0.3) is 0 Å². The summed E-state index contributed by atoms with van der Waals surface area (Å²) in [6, 6.07) is 4.40. The molecule has 2 atom stereocenters. The molecule has 6 heteroatoms. The van der Waals surface area contributed by atoms with Crippen molar-refractivity contribution in [3.05, 3.63) is 29.3 Å². The molecule has 0 aliphatic carbocycles. The molecule has 0 heterocycles. The highest BCUT2D eigenvalue weighted by molar-refractivity contribution is 5.37. The Bertz CT molecular complexity index is 407. The summed E-state index contributed by atoms with van der Waals surface area (Å²) < 4.78 is 36.3. The van der Waals surface area contributed by atoms with Gasteiger partial charge in [0.15, 0.2) is 6.10 Å². The normalized spacial score (nSPS) is 15.4. The number of alkyl halides is 3. The fraction of sp³-hybridized carbons (Fsp3) is 0.500. The van der Waals surface area contributed by atoms with E-state index in [-0.39, 0.29) is 5.75 Å². The van der Waals surface area contributed by atoms with Gasteiger partial charge in [-0.3, -0.25) is 0 Å². The summed E-state index contributed by atoms with van der Waals surface area (Å²) in [6.07, 6.45) is -7.05. The van der Waals surface area contributed by atoms with E-state index in [2.05, 4.69) is 5.32 Å². The van der Waals surface area contributed by atoms with E-state index >= 15 is 0 Å². The van der Waals surface area contributed by atoms with Gasteiger partial charge in [-0.2, -0.15) is 13.2 Å². The highest BCUT2D eigenvalue weighted by atomic mass is 19.4. The molecule has 18 heavy (non-hydrogen) atoms. The number of benzene rings is 1. The smallest absolute Gasteiger partial charge is 0.415 e. The van der Waals surface area contributed by atoms with Crippen LogP contribution in [0.15, 0.2) is 18.2 Å². The minimum Gasteiger partial charge on any atom is -0.508 e. The lowest BCUT2D eigenvalue weighted by molar-refractivity contribution is -0.202. The van der Waals surface area contributed by atoms with Crippen LogP contribution >= 0.6 is 0 Å². The van der Waals surface area contributed by atoms with Crippen molar-refractivity contribution >= 4 is 0 Å². The number of aromatic hydroxyl groups is 1. The van der Waals surface area contributed by atoms with E-state index < -0.39 is 24.9 Å². The number of phenolic OH excluding ortho intramolecular Hbond substituents is 1. The van der Waals surface area contributed by atoms with Crippen LogP contribution in [0.5, 0.6) is 5.75 Å². The molecule has 0 aromatic heterocycles. The molecule has 0 radical (unpaired) electrons. The number of hydrogen-bond donors (Lipinski definition) is 3. The summed E-state index contributed by atoms with van der Waals surface area (Å²) in [7, 11) is 0. The van der Waals surface area contributed by atoms with Crippen molar-refractivity contribution < 1.29 is 23.4 Å². The van der Waals surface area contributed by atoms with Gasteiger partial charge in [-0.15, -0.1) is 0 Å². The maximum atomic E-state index is 12.1. The second kappa shape index (κ2) is 5.58. The largest absolute Gasteiger partial charge is 0.508 e. The molecule has 0 amide bonds. The molecule has 0 fully saturated rings. The Kier molecular flexibility index (Phi) is 4.59. The van der Waals surface area contributed by atoms with Crippen LogP contribution in [0, 0.1) is 6.92 Å². The summed E-state index contributed by atoms with van der Waals surface area (Å²) in [6.45, 7) is 2.83. The predicted octanol–water partition coefficient (Wildman–Crippen LogP) is 2.27. The van der Waals surface area contributed by atoms with Crippen LogP contribution in [0.4, 0.5) is 13.2 Å². The van der Waals surface area contributed by atoms with Gasteiger partial charge in [0.1, 0.15) is 5.75 Å². The van der Waals surface area contributed by atoms with Crippen LogP contribution in [0.3, 0.4) is 0 Å². The van der Waals surface area contributed by atoms with Gasteiger partial charge in [0.05, 0.1) is 0 Å². The van der Waals surface area contributed by atoms with Crippen molar-refractivity contribution in [2.75, 3.05) is 6.54 Å². The third-order valence-corrected chi connectivity index (χ3v) is 2.64. The average molecular weight is 263 g/mol. The number of hydrogen-bond acceptors (Lipinski definition) is 3. The maximum absolute atomic E-state index is 12.1. The van der Waals surface area contributed by atoms with Gasteiger partial charge in [-0.1, -0.05) is 17.7 Å². The Balaban J connectivity index is 2.66. The summed E-state index contributed by atoms with van der Waals surface area (Å²) in [5, 5.41) is 21.0. The zero-order valence-corrected chi connectivity index (χ0v) is 10.1. The molecule has 102 valence electrons. The Morgan fingerprint density at radius 1 is 1.33 bits per heavy atom. The second-order valence-electron chi connectivity index (χ2n) is 4.25. The molecular formula is C12H16F3NO2. The van der Waals surface area contributed by atoms with Crippen molar-refractivity contribution in [3.63, 3.8) is 0 Å². The Hall–Kier alpha value is -1.27. The molecule has 3 nitrogen and oxygen atoms in total. The SMILES string of the molecule is Cc1ccc(O)c(C(C)NCC(O)C(F)(F)F)c1. The summed E-state index contributed by atoms with van der Waals surface area (Å²) in [5.41, 5.74) is 1.40. The van der Waals surface area contributed by atoms with Gasteiger partial charge in [0, 0.05) is 18.2 Å². The number of rotatable bonds is 4. The van der Waals surface area contributed by atoms with Crippen molar-refractivity contribution in [1.82, 2.24) is 5.32 Å². The van der Waals surface area contributed by atoms with Gasteiger partial charge in [0.25, 0.3) is 0 Å². The van der Waals surface area contributed by atoms with E-state index in [0.717, 1.165) is 5.56 Å². The highest BCUT2D eigenvalue weighted by Crippen LogP contribution is 2.25. The van der Waals surface area contributed by atoms with E-state index in [4.69, 9.17) is 5.11 Å². The van der Waals surface area contributed by atoms with E-state index in [1.165, 1.54) is 6.07 Å². The standard InChI is InChI=1S/C12H16F3NO2/c1-7-3-4-10(17)9(5-7)8(2)16-6-11(18)12(13,14)15/h3-5,8,11,16-18H,6H2,1-2H3. The molecule has 0 aliphatic heterocycles. The molecule has 0 bridgehead atoms. The first-order chi connectivity index (χ1) is 8.21. The Morgan fingerprint density at radius 3 is 2.50 bits per heavy atom. The number of aliphatic hydroxyl groups excluding tert-OH is 1. The van der Waals surface area contributed by atoms with E-state index in [1.807, 2.05) is 6.92 Å². The molecule has 3 N–H and O–H groups in total. The van der Waals surface area contributed by atoms with Crippen molar-refractivity contribution in [2.45, 2.75) is 32.2 Å². The van der Waals surface area contributed by atoms with Gasteiger partial charge >= 0.3 is 6.18 Å². The van der Waals surface area contributed by atoms with E-state index in [1.54, 1.807) is 19.1 Å². The van der Waals surface area contributed by atoms with Crippen molar-refractivity contribution in [2.24, 2.45) is 0 Å². The first kappa shape index (κ1) is 14.8. The van der Waals surface area contributed by atoms with Crippen molar-refractivity contribution in [3.8, 4) is 5.75 Å². The third-order valence-electron chi connectivity index (χ3n) is 2.64.